The van der Waals surface area contributed by atoms with E-state index in [1.54, 1.807) is 17.2 Å². The first-order valence-electron chi connectivity index (χ1n) is 9.83. The molecule has 0 saturated carbocycles. The standard InChI is InChI=1S/C22H24FN5O2/c1-14(19-11-20(30-3)18(23)12-26-19)28-8-6-16-5-4-15(10-17(16)21(28)29)13-27-9-7-25-22(27)24-2/h4-5,7,9-12,14H,6,8,13H2,1-3H3,(H,24,25). The van der Waals surface area contributed by atoms with Crippen molar-refractivity contribution < 1.29 is 13.9 Å². The molecule has 8 heteroatoms. The van der Waals surface area contributed by atoms with E-state index in [0.717, 1.165) is 29.7 Å². The molecule has 0 aliphatic carbocycles. The summed E-state index contributed by atoms with van der Waals surface area (Å²) >= 11 is 0. The minimum atomic E-state index is -0.520. The van der Waals surface area contributed by atoms with Crippen LogP contribution in [0, 0.1) is 5.82 Å². The van der Waals surface area contributed by atoms with Crippen molar-refractivity contribution in [3.8, 4) is 5.75 Å². The number of aromatic nitrogens is 3. The van der Waals surface area contributed by atoms with Crippen LogP contribution in [0.1, 0.15) is 40.1 Å². The first-order valence-corrected chi connectivity index (χ1v) is 9.83. The van der Waals surface area contributed by atoms with Gasteiger partial charge in [0.15, 0.2) is 11.6 Å². The molecule has 3 heterocycles. The topological polar surface area (TPSA) is 72.3 Å². The summed E-state index contributed by atoms with van der Waals surface area (Å²) in [4.78, 5) is 23.5. The van der Waals surface area contributed by atoms with Gasteiger partial charge in [-0.15, -0.1) is 0 Å². The number of methoxy groups -OCH3 is 1. The van der Waals surface area contributed by atoms with E-state index in [9.17, 15) is 9.18 Å². The molecule has 2 aromatic heterocycles. The Labute approximate surface area is 174 Å². The normalized spacial score (nSPS) is 14.4. The highest BCUT2D eigenvalue weighted by molar-refractivity contribution is 5.97. The smallest absolute Gasteiger partial charge is 0.254 e. The number of carbonyl (C=O) groups excluding carboxylic acids is 1. The van der Waals surface area contributed by atoms with Crippen molar-refractivity contribution in [2.24, 2.45) is 0 Å². The molecule has 0 radical (unpaired) electrons. The minimum Gasteiger partial charge on any atom is -0.494 e. The fourth-order valence-electron chi connectivity index (χ4n) is 3.85. The number of hydrogen-bond donors (Lipinski definition) is 1. The van der Waals surface area contributed by atoms with Crippen molar-refractivity contribution in [2.45, 2.75) is 25.9 Å². The van der Waals surface area contributed by atoms with Gasteiger partial charge in [-0.3, -0.25) is 9.78 Å². The van der Waals surface area contributed by atoms with Gasteiger partial charge in [-0.05, 0) is 30.5 Å². The van der Waals surface area contributed by atoms with Crippen molar-refractivity contribution >= 4 is 11.9 Å². The molecule has 1 atom stereocenters. The predicted octanol–water partition coefficient (Wildman–Crippen LogP) is 3.28. The summed E-state index contributed by atoms with van der Waals surface area (Å²) in [6.45, 7) is 3.10. The van der Waals surface area contributed by atoms with Crippen LogP contribution in [-0.2, 0) is 13.0 Å². The van der Waals surface area contributed by atoms with Crippen LogP contribution in [0.15, 0.2) is 42.9 Å². The lowest BCUT2D eigenvalue weighted by atomic mass is 9.95. The van der Waals surface area contributed by atoms with E-state index in [-0.39, 0.29) is 17.7 Å². The van der Waals surface area contributed by atoms with E-state index in [1.807, 2.05) is 36.9 Å². The van der Waals surface area contributed by atoms with Crippen molar-refractivity contribution in [1.29, 1.82) is 0 Å². The van der Waals surface area contributed by atoms with Crippen LogP contribution >= 0.6 is 0 Å². The number of fused-ring (bicyclic) bond motifs is 1. The van der Waals surface area contributed by atoms with Gasteiger partial charge in [-0.1, -0.05) is 12.1 Å². The van der Waals surface area contributed by atoms with Gasteiger partial charge >= 0.3 is 0 Å². The first kappa shape index (κ1) is 19.9. The van der Waals surface area contributed by atoms with Crippen molar-refractivity contribution in [1.82, 2.24) is 19.4 Å². The van der Waals surface area contributed by atoms with Gasteiger partial charge in [0, 0.05) is 37.6 Å². The molecule has 0 bridgehead atoms. The number of halogens is 1. The second-order valence-corrected chi connectivity index (χ2v) is 7.29. The molecule has 4 rings (SSSR count). The van der Waals surface area contributed by atoms with Crippen LogP contribution in [0.3, 0.4) is 0 Å². The summed E-state index contributed by atoms with van der Waals surface area (Å²) in [5, 5.41) is 3.05. The third kappa shape index (κ3) is 3.60. The Bertz CT molecular complexity index is 1080. The second-order valence-electron chi connectivity index (χ2n) is 7.29. The number of amides is 1. The zero-order valence-corrected chi connectivity index (χ0v) is 17.2. The molecule has 1 N–H and O–H groups in total. The maximum Gasteiger partial charge on any atom is 0.254 e. The highest BCUT2D eigenvalue weighted by atomic mass is 19.1. The molecule has 3 aromatic rings. The number of hydrogen-bond acceptors (Lipinski definition) is 5. The number of nitrogens with zero attached hydrogens (tertiary/aromatic N) is 4. The fraction of sp³-hybridized carbons (Fsp3) is 0.318. The number of rotatable bonds is 6. The van der Waals surface area contributed by atoms with E-state index in [2.05, 4.69) is 21.4 Å². The van der Waals surface area contributed by atoms with Crippen molar-refractivity contribution in [3.63, 3.8) is 0 Å². The first-order chi connectivity index (χ1) is 14.5. The Morgan fingerprint density at radius 3 is 2.90 bits per heavy atom. The Morgan fingerprint density at radius 1 is 1.30 bits per heavy atom. The van der Waals surface area contributed by atoms with E-state index >= 15 is 0 Å². The Hall–Kier alpha value is -3.42. The molecule has 156 valence electrons. The number of carbonyl (C=O) groups is 1. The van der Waals surface area contributed by atoms with Crippen LogP contribution in [0.5, 0.6) is 5.75 Å². The quantitative estimate of drug-likeness (QED) is 0.677. The second kappa shape index (κ2) is 8.14. The van der Waals surface area contributed by atoms with Crippen LogP contribution in [-0.4, -0.2) is 46.0 Å². The summed E-state index contributed by atoms with van der Waals surface area (Å²) < 4.78 is 20.8. The average molecular weight is 409 g/mol. The minimum absolute atomic E-state index is 0.0461. The zero-order valence-electron chi connectivity index (χ0n) is 17.2. The lowest BCUT2D eigenvalue weighted by molar-refractivity contribution is 0.0668. The lowest BCUT2D eigenvalue weighted by Gasteiger charge is -2.33. The maximum absolute atomic E-state index is 13.7. The van der Waals surface area contributed by atoms with Gasteiger partial charge < -0.3 is 19.5 Å². The Kier molecular flexibility index (Phi) is 5.39. The Morgan fingerprint density at radius 2 is 2.13 bits per heavy atom. The highest BCUT2D eigenvalue weighted by Gasteiger charge is 2.30. The average Bonchev–Trinajstić information content (AvgIpc) is 3.21. The number of pyridine rings is 1. The number of anilines is 1. The van der Waals surface area contributed by atoms with Crippen LogP contribution in [0.2, 0.25) is 0 Å². The predicted molar refractivity (Wildman–Crippen MR) is 111 cm³/mol. The molecule has 1 aliphatic heterocycles. The molecular formula is C22H24FN5O2. The number of benzene rings is 1. The molecule has 1 unspecified atom stereocenters. The van der Waals surface area contributed by atoms with Gasteiger partial charge in [0.1, 0.15) is 0 Å². The lowest BCUT2D eigenvalue weighted by Crippen LogP contribution is -2.39. The van der Waals surface area contributed by atoms with Crippen molar-refractivity contribution in [3.05, 3.63) is 71.1 Å². The largest absolute Gasteiger partial charge is 0.494 e. The molecule has 0 saturated heterocycles. The summed E-state index contributed by atoms with van der Waals surface area (Å²) in [7, 11) is 3.24. The van der Waals surface area contributed by atoms with Gasteiger partial charge in [0.05, 0.1) is 31.6 Å². The molecule has 1 aromatic carbocycles. The van der Waals surface area contributed by atoms with Crippen LogP contribution < -0.4 is 10.1 Å². The van der Waals surface area contributed by atoms with Gasteiger partial charge in [-0.25, -0.2) is 9.37 Å². The van der Waals surface area contributed by atoms with E-state index < -0.39 is 5.82 Å². The SMILES string of the molecule is CNc1nccn1Cc1ccc2c(c1)C(=O)N(C(C)c1cc(OC)c(F)cn1)CC2. The van der Waals surface area contributed by atoms with Gasteiger partial charge in [0.2, 0.25) is 5.95 Å². The third-order valence-electron chi connectivity index (χ3n) is 5.54. The van der Waals surface area contributed by atoms with Crippen molar-refractivity contribution in [2.75, 3.05) is 26.0 Å². The van der Waals surface area contributed by atoms with Crippen LogP contribution in [0.4, 0.5) is 10.3 Å². The molecule has 1 aliphatic rings. The van der Waals surface area contributed by atoms with E-state index in [0.29, 0.717) is 24.3 Å². The molecular weight excluding hydrogens is 385 g/mol. The summed E-state index contributed by atoms with van der Waals surface area (Å²) in [6, 6.07) is 7.29. The monoisotopic (exact) mass is 409 g/mol. The molecule has 0 spiro atoms. The molecule has 0 fully saturated rings. The molecule has 7 nitrogen and oxygen atoms in total. The summed E-state index contributed by atoms with van der Waals surface area (Å²) in [5.74, 6) is 0.328. The maximum atomic E-state index is 13.7. The number of ether oxygens (including phenoxy) is 1. The van der Waals surface area contributed by atoms with E-state index in [1.165, 1.54) is 7.11 Å². The zero-order chi connectivity index (χ0) is 21.3. The molecule has 30 heavy (non-hydrogen) atoms. The highest BCUT2D eigenvalue weighted by Crippen LogP contribution is 2.29. The van der Waals surface area contributed by atoms with Gasteiger partial charge in [-0.2, -0.15) is 0 Å². The Balaban J connectivity index is 1.59. The fourth-order valence-corrected chi connectivity index (χ4v) is 3.85. The third-order valence-corrected chi connectivity index (χ3v) is 5.54. The number of nitrogens with one attached hydrogen (secondary N) is 1. The van der Waals surface area contributed by atoms with Gasteiger partial charge in [0.25, 0.3) is 5.91 Å². The van der Waals surface area contributed by atoms with E-state index in [4.69, 9.17) is 4.74 Å². The summed E-state index contributed by atoms with van der Waals surface area (Å²) in [5.41, 5.74) is 3.35. The van der Waals surface area contributed by atoms with Crippen LogP contribution in [0.25, 0.3) is 0 Å². The summed E-state index contributed by atoms with van der Waals surface area (Å²) in [6.07, 6.45) is 5.53. The molecule has 1 amide bonds. The number of imidazole rings is 1.